The lowest BCUT2D eigenvalue weighted by Crippen LogP contribution is -2.30. The summed E-state index contributed by atoms with van der Waals surface area (Å²) in [5, 5.41) is 12.8. The molecule has 0 saturated carbocycles. The molecule has 3 aromatic rings. The van der Waals surface area contributed by atoms with Gasteiger partial charge in [0.2, 0.25) is 11.1 Å². The normalized spacial score (nSPS) is 12.1. The SMILES string of the molecule is CC(Sc1n[nH]c(-c2cccs2)n1)C(=O)NCc1ccccc1Cl. The molecule has 124 valence electrons. The Morgan fingerprint density at radius 1 is 1.38 bits per heavy atom. The standard InChI is InChI=1S/C16H15ClN4OS2/c1-10(15(22)18-9-11-5-2-3-6-12(11)17)24-16-19-14(20-21-16)13-7-4-8-23-13/h2-8,10H,9H2,1H3,(H,18,22)(H,19,20,21). The highest BCUT2D eigenvalue weighted by Crippen LogP contribution is 2.25. The van der Waals surface area contributed by atoms with Crippen LogP contribution in [0.2, 0.25) is 5.02 Å². The molecule has 2 heterocycles. The molecular weight excluding hydrogens is 364 g/mol. The first kappa shape index (κ1) is 17.0. The Kier molecular flexibility index (Phi) is 5.55. The largest absolute Gasteiger partial charge is 0.351 e. The van der Waals surface area contributed by atoms with Gasteiger partial charge in [-0.3, -0.25) is 9.89 Å². The molecule has 0 aliphatic heterocycles. The third kappa shape index (κ3) is 4.17. The Morgan fingerprint density at radius 3 is 2.96 bits per heavy atom. The van der Waals surface area contributed by atoms with E-state index in [4.69, 9.17) is 11.6 Å². The van der Waals surface area contributed by atoms with E-state index in [-0.39, 0.29) is 11.2 Å². The molecule has 0 aliphatic rings. The minimum atomic E-state index is -0.306. The molecule has 1 aromatic carbocycles. The van der Waals surface area contributed by atoms with Crippen LogP contribution in [0.5, 0.6) is 0 Å². The molecule has 24 heavy (non-hydrogen) atoms. The molecule has 2 aromatic heterocycles. The van der Waals surface area contributed by atoms with E-state index in [0.717, 1.165) is 16.3 Å². The molecule has 0 fully saturated rings. The van der Waals surface area contributed by atoms with Crippen LogP contribution in [0.15, 0.2) is 46.9 Å². The fourth-order valence-electron chi connectivity index (χ4n) is 2.00. The number of halogens is 1. The van der Waals surface area contributed by atoms with Crippen LogP contribution in [0.25, 0.3) is 10.7 Å². The number of hydrogen-bond acceptors (Lipinski definition) is 5. The zero-order chi connectivity index (χ0) is 16.9. The number of carbonyl (C=O) groups is 1. The molecule has 0 bridgehead atoms. The van der Waals surface area contributed by atoms with Crippen molar-refractivity contribution in [1.29, 1.82) is 0 Å². The van der Waals surface area contributed by atoms with Gasteiger partial charge >= 0.3 is 0 Å². The van der Waals surface area contributed by atoms with E-state index in [0.29, 0.717) is 16.7 Å². The number of thioether (sulfide) groups is 1. The topological polar surface area (TPSA) is 70.7 Å². The summed E-state index contributed by atoms with van der Waals surface area (Å²) in [6, 6.07) is 11.4. The summed E-state index contributed by atoms with van der Waals surface area (Å²) in [7, 11) is 0. The summed E-state index contributed by atoms with van der Waals surface area (Å²) in [4.78, 5) is 17.7. The van der Waals surface area contributed by atoms with Crippen LogP contribution in [0.4, 0.5) is 0 Å². The van der Waals surface area contributed by atoms with E-state index >= 15 is 0 Å². The lowest BCUT2D eigenvalue weighted by Gasteiger charge is -2.10. The number of aromatic amines is 1. The van der Waals surface area contributed by atoms with Gasteiger partial charge in [0, 0.05) is 11.6 Å². The maximum atomic E-state index is 12.2. The predicted octanol–water partition coefficient (Wildman–Crippen LogP) is 3.98. The number of benzene rings is 1. The number of nitrogens with zero attached hydrogens (tertiary/aromatic N) is 2. The summed E-state index contributed by atoms with van der Waals surface area (Å²) in [5.74, 6) is 0.638. The fourth-order valence-corrected chi connectivity index (χ4v) is 3.62. The van der Waals surface area contributed by atoms with E-state index in [2.05, 4.69) is 20.5 Å². The zero-order valence-electron chi connectivity index (χ0n) is 12.8. The third-order valence-corrected chi connectivity index (χ3v) is 5.49. The number of hydrogen-bond donors (Lipinski definition) is 2. The number of carbonyl (C=O) groups excluding carboxylic acids is 1. The van der Waals surface area contributed by atoms with Gasteiger partial charge in [0.05, 0.1) is 10.1 Å². The van der Waals surface area contributed by atoms with Gasteiger partial charge in [-0.05, 0) is 30.0 Å². The molecule has 1 amide bonds. The monoisotopic (exact) mass is 378 g/mol. The summed E-state index contributed by atoms with van der Waals surface area (Å²) in [6.45, 7) is 2.23. The lowest BCUT2D eigenvalue weighted by atomic mass is 10.2. The maximum Gasteiger partial charge on any atom is 0.233 e. The molecule has 1 atom stereocenters. The number of aromatic nitrogens is 3. The van der Waals surface area contributed by atoms with Crippen LogP contribution >= 0.6 is 34.7 Å². The van der Waals surface area contributed by atoms with Gasteiger partial charge in [-0.2, -0.15) is 0 Å². The Morgan fingerprint density at radius 2 is 2.21 bits per heavy atom. The Hall–Kier alpha value is -1.83. The summed E-state index contributed by atoms with van der Waals surface area (Å²) < 4.78 is 0. The molecule has 0 aliphatic carbocycles. The quantitative estimate of drug-likeness (QED) is 0.636. The molecule has 2 N–H and O–H groups in total. The van der Waals surface area contributed by atoms with Crippen molar-refractivity contribution in [2.75, 3.05) is 0 Å². The van der Waals surface area contributed by atoms with Crippen molar-refractivity contribution < 1.29 is 4.79 Å². The van der Waals surface area contributed by atoms with Crippen molar-refractivity contribution in [3.8, 4) is 10.7 Å². The van der Waals surface area contributed by atoms with Crippen LogP contribution < -0.4 is 5.32 Å². The highest BCUT2D eigenvalue weighted by Gasteiger charge is 2.17. The van der Waals surface area contributed by atoms with Gasteiger partial charge in [-0.25, -0.2) is 4.98 Å². The van der Waals surface area contributed by atoms with E-state index < -0.39 is 0 Å². The zero-order valence-corrected chi connectivity index (χ0v) is 15.2. The average molecular weight is 379 g/mol. The van der Waals surface area contributed by atoms with E-state index in [1.165, 1.54) is 11.8 Å². The van der Waals surface area contributed by atoms with Crippen molar-refractivity contribution >= 4 is 40.6 Å². The number of rotatable bonds is 6. The molecule has 0 spiro atoms. The number of H-pyrrole nitrogens is 1. The van der Waals surface area contributed by atoms with Gasteiger partial charge in [0.15, 0.2) is 5.82 Å². The molecule has 0 radical (unpaired) electrons. The van der Waals surface area contributed by atoms with Gasteiger partial charge in [-0.1, -0.05) is 47.6 Å². The van der Waals surface area contributed by atoms with Gasteiger partial charge in [0.1, 0.15) is 0 Å². The van der Waals surface area contributed by atoms with Crippen LogP contribution in [0.1, 0.15) is 12.5 Å². The van der Waals surface area contributed by atoms with Gasteiger partial charge in [0.25, 0.3) is 0 Å². The van der Waals surface area contributed by atoms with Crippen LogP contribution in [-0.4, -0.2) is 26.3 Å². The highest BCUT2D eigenvalue weighted by molar-refractivity contribution is 8.00. The van der Waals surface area contributed by atoms with Crippen molar-refractivity contribution in [1.82, 2.24) is 20.5 Å². The smallest absolute Gasteiger partial charge is 0.233 e. The summed E-state index contributed by atoms with van der Waals surface area (Å²) in [5.41, 5.74) is 0.891. The number of amides is 1. The first-order valence-corrected chi connectivity index (χ1v) is 9.41. The van der Waals surface area contributed by atoms with Crippen molar-refractivity contribution in [3.63, 3.8) is 0 Å². The van der Waals surface area contributed by atoms with Crippen molar-refractivity contribution in [3.05, 3.63) is 52.4 Å². The summed E-state index contributed by atoms with van der Waals surface area (Å²) in [6.07, 6.45) is 0. The average Bonchev–Trinajstić information content (AvgIpc) is 3.25. The third-order valence-electron chi connectivity index (χ3n) is 3.28. The second-order valence-electron chi connectivity index (χ2n) is 5.01. The first-order chi connectivity index (χ1) is 11.6. The maximum absolute atomic E-state index is 12.2. The molecule has 3 rings (SSSR count). The van der Waals surface area contributed by atoms with Gasteiger partial charge < -0.3 is 5.32 Å². The minimum absolute atomic E-state index is 0.0811. The fraction of sp³-hybridized carbons (Fsp3) is 0.188. The molecular formula is C16H15ClN4OS2. The Balaban J connectivity index is 1.55. The Labute approximate surface area is 152 Å². The summed E-state index contributed by atoms with van der Waals surface area (Å²) >= 11 is 8.99. The number of nitrogens with one attached hydrogen (secondary N) is 2. The van der Waals surface area contributed by atoms with E-state index in [1.54, 1.807) is 17.4 Å². The first-order valence-electron chi connectivity index (χ1n) is 7.27. The second-order valence-corrected chi connectivity index (χ2v) is 7.68. The van der Waals surface area contributed by atoms with Crippen molar-refractivity contribution in [2.45, 2.75) is 23.9 Å². The van der Waals surface area contributed by atoms with Crippen LogP contribution in [0, 0.1) is 0 Å². The van der Waals surface area contributed by atoms with Crippen LogP contribution in [-0.2, 0) is 11.3 Å². The second kappa shape index (κ2) is 7.83. The van der Waals surface area contributed by atoms with E-state index in [1.807, 2.05) is 42.6 Å². The van der Waals surface area contributed by atoms with Crippen molar-refractivity contribution in [2.24, 2.45) is 0 Å². The van der Waals surface area contributed by atoms with Gasteiger partial charge in [-0.15, -0.1) is 16.4 Å². The van der Waals surface area contributed by atoms with Crippen LogP contribution in [0.3, 0.4) is 0 Å². The van der Waals surface area contributed by atoms with E-state index in [9.17, 15) is 4.79 Å². The Bertz CT molecular complexity index is 819. The predicted molar refractivity (Wildman–Crippen MR) is 98.3 cm³/mol. The molecule has 8 heteroatoms. The molecule has 5 nitrogen and oxygen atoms in total. The highest BCUT2D eigenvalue weighted by atomic mass is 35.5. The minimum Gasteiger partial charge on any atom is -0.351 e. The molecule has 1 unspecified atom stereocenters. The lowest BCUT2D eigenvalue weighted by molar-refractivity contribution is -0.120. The number of thiophene rings is 1. The molecule has 0 saturated heterocycles.